The van der Waals surface area contributed by atoms with E-state index in [1.54, 1.807) is 6.92 Å². The van der Waals surface area contributed by atoms with E-state index < -0.39 is 11.9 Å². The monoisotopic (exact) mass is 188 g/mol. The number of carboxylic acids is 1. The van der Waals surface area contributed by atoms with E-state index in [1.807, 2.05) is 18.9 Å². The molecule has 0 aromatic heterocycles. The number of rotatable bonds is 6. The van der Waals surface area contributed by atoms with Gasteiger partial charge in [0.1, 0.15) is 0 Å². The van der Waals surface area contributed by atoms with Crippen LogP contribution in [0.25, 0.3) is 0 Å². The van der Waals surface area contributed by atoms with E-state index in [4.69, 9.17) is 5.11 Å². The third-order valence-electron chi connectivity index (χ3n) is 2.36. The highest BCUT2D eigenvalue weighted by molar-refractivity contribution is 5.71. The molecule has 0 rings (SSSR count). The minimum absolute atomic E-state index is 0.166. The van der Waals surface area contributed by atoms with E-state index in [2.05, 4.69) is 5.18 Å². The Hall–Kier alpha value is -0.970. The summed E-state index contributed by atoms with van der Waals surface area (Å²) in [5.74, 6) is -1.67. The molecule has 0 aromatic carbocycles. The molecule has 0 fully saturated rings. The van der Waals surface area contributed by atoms with Crippen molar-refractivity contribution in [2.75, 3.05) is 20.1 Å². The van der Waals surface area contributed by atoms with Crippen molar-refractivity contribution in [1.29, 1.82) is 0 Å². The lowest BCUT2D eigenvalue weighted by atomic mass is 10.0. The minimum Gasteiger partial charge on any atom is -0.481 e. The Morgan fingerprint density at radius 2 is 2.15 bits per heavy atom. The summed E-state index contributed by atoms with van der Waals surface area (Å²) in [6.45, 7) is 4.31. The smallest absolute Gasteiger partial charge is 0.310 e. The third kappa shape index (κ3) is 3.50. The summed E-state index contributed by atoms with van der Waals surface area (Å²) in [4.78, 5) is 22.6. The first-order valence-electron chi connectivity index (χ1n) is 4.26. The standard InChI is InChI=1S/C8H16N2O3/c1-4-10(3)6(2)7(5-9-13)8(11)12/h6-7H,4-5H2,1-3H3,(H,11,12). The molecule has 0 radical (unpaired) electrons. The predicted octanol–water partition coefficient (Wildman–Crippen LogP) is 0.794. The predicted molar refractivity (Wildman–Crippen MR) is 49.6 cm³/mol. The van der Waals surface area contributed by atoms with Gasteiger partial charge in [-0.15, -0.1) is 0 Å². The number of hydrogen-bond acceptors (Lipinski definition) is 4. The van der Waals surface area contributed by atoms with Gasteiger partial charge in [-0.2, -0.15) is 4.91 Å². The molecule has 0 spiro atoms. The molecule has 13 heavy (non-hydrogen) atoms. The molecule has 2 unspecified atom stereocenters. The Labute approximate surface area is 77.7 Å². The van der Waals surface area contributed by atoms with Crippen LogP contribution in [0.4, 0.5) is 0 Å². The van der Waals surface area contributed by atoms with Crippen molar-refractivity contribution in [2.24, 2.45) is 11.1 Å². The van der Waals surface area contributed by atoms with Crippen molar-refractivity contribution in [3.63, 3.8) is 0 Å². The topological polar surface area (TPSA) is 70.0 Å². The highest BCUT2D eigenvalue weighted by atomic mass is 16.4. The van der Waals surface area contributed by atoms with E-state index in [-0.39, 0.29) is 12.6 Å². The summed E-state index contributed by atoms with van der Waals surface area (Å²) in [5, 5.41) is 11.4. The Kier molecular flexibility index (Phi) is 5.22. The molecule has 0 amide bonds. The zero-order valence-electron chi connectivity index (χ0n) is 8.23. The molecule has 0 aliphatic carbocycles. The SMILES string of the molecule is CCN(C)C(C)C(CN=O)C(=O)O. The second-order valence-corrected chi connectivity index (χ2v) is 3.07. The summed E-state index contributed by atoms with van der Waals surface area (Å²) in [5.41, 5.74) is 0. The Morgan fingerprint density at radius 3 is 2.46 bits per heavy atom. The van der Waals surface area contributed by atoms with Crippen molar-refractivity contribution in [3.05, 3.63) is 4.91 Å². The molecule has 5 nitrogen and oxygen atoms in total. The maximum atomic E-state index is 10.7. The molecule has 2 atom stereocenters. The summed E-state index contributed by atoms with van der Waals surface area (Å²) in [7, 11) is 1.82. The molecule has 0 bridgehead atoms. The first-order chi connectivity index (χ1) is 6.04. The fourth-order valence-corrected chi connectivity index (χ4v) is 1.11. The van der Waals surface area contributed by atoms with Crippen molar-refractivity contribution in [1.82, 2.24) is 4.90 Å². The van der Waals surface area contributed by atoms with Crippen LogP contribution >= 0.6 is 0 Å². The quantitative estimate of drug-likeness (QED) is 0.626. The van der Waals surface area contributed by atoms with Gasteiger partial charge in [-0.25, -0.2) is 0 Å². The Morgan fingerprint density at radius 1 is 1.62 bits per heavy atom. The highest BCUT2D eigenvalue weighted by Crippen LogP contribution is 2.10. The third-order valence-corrected chi connectivity index (χ3v) is 2.36. The van der Waals surface area contributed by atoms with Crippen LogP contribution in [0.1, 0.15) is 13.8 Å². The van der Waals surface area contributed by atoms with Crippen LogP contribution in [-0.2, 0) is 4.79 Å². The van der Waals surface area contributed by atoms with Gasteiger partial charge in [0.2, 0.25) is 0 Å². The zero-order valence-corrected chi connectivity index (χ0v) is 8.23. The zero-order chi connectivity index (χ0) is 10.4. The number of carbonyl (C=O) groups is 1. The van der Waals surface area contributed by atoms with Gasteiger partial charge in [0.15, 0.2) is 0 Å². The van der Waals surface area contributed by atoms with Gasteiger partial charge in [-0.3, -0.25) is 4.79 Å². The molecule has 0 aliphatic rings. The van der Waals surface area contributed by atoms with Gasteiger partial charge in [0.25, 0.3) is 0 Å². The number of aliphatic carboxylic acids is 1. The molecular weight excluding hydrogens is 172 g/mol. The maximum absolute atomic E-state index is 10.7. The van der Waals surface area contributed by atoms with Crippen LogP contribution in [0, 0.1) is 10.8 Å². The van der Waals surface area contributed by atoms with Crippen LogP contribution in [0.3, 0.4) is 0 Å². The van der Waals surface area contributed by atoms with E-state index >= 15 is 0 Å². The van der Waals surface area contributed by atoms with Gasteiger partial charge in [-0.1, -0.05) is 12.1 Å². The van der Waals surface area contributed by atoms with Crippen molar-refractivity contribution < 1.29 is 9.90 Å². The molecular formula is C8H16N2O3. The average molecular weight is 188 g/mol. The van der Waals surface area contributed by atoms with Crippen LogP contribution in [-0.4, -0.2) is 42.2 Å². The summed E-state index contributed by atoms with van der Waals surface area (Å²) >= 11 is 0. The minimum atomic E-state index is -0.965. The molecule has 5 heteroatoms. The average Bonchev–Trinajstić information content (AvgIpc) is 2.11. The fraction of sp³-hybridized carbons (Fsp3) is 0.875. The Balaban J connectivity index is 4.34. The van der Waals surface area contributed by atoms with Gasteiger partial charge in [-0.05, 0) is 20.5 Å². The van der Waals surface area contributed by atoms with Crippen molar-refractivity contribution >= 4 is 5.97 Å². The first-order valence-corrected chi connectivity index (χ1v) is 4.26. The second kappa shape index (κ2) is 5.64. The molecule has 1 N–H and O–H groups in total. The largest absolute Gasteiger partial charge is 0.481 e. The normalized spacial score (nSPS) is 15.4. The van der Waals surface area contributed by atoms with Gasteiger partial charge >= 0.3 is 5.97 Å². The lowest BCUT2D eigenvalue weighted by Crippen LogP contribution is -2.40. The van der Waals surface area contributed by atoms with Crippen molar-refractivity contribution in [2.45, 2.75) is 19.9 Å². The first kappa shape index (κ1) is 12.0. The van der Waals surface area contributed by atoms with Crippen molar-refractivity contribution in [3.8, 4) is 0 Å². The number of carboxylic acid groups (broad SMARTS) is 1. The molecule has 0 saturated heterocycles. The number of nitroso groups, excluding NO2 is 1. The number of hydrogen-bond donors (Lipinski definition) is 1. The van der Waals surface area contributed by atoms with Crippen LogP contribution in [0.15, 0.2) is 5.18 Å². The molecule has 0 aliphatic heterocycles. The highest BCUT2D eigenvalue weighted by Gasteiger charge is 2.27. The molecule has 0 aromatic rings. The van der Waals surface area contributed by atoms with Crippen LogP contribution in [0.2, 0.25) is 0 Å². The van der Waals surface area contributed by atoms with Crippen LogP contribution < -0.4 is 0 Å². The van der Waals surface area contributed by atoms with E-state index in [1.165, 1.54) is 0 Å². The van der Waals surface area contributed by atoms with Gasteiger partial charge in [0, 0.05) is 6.04 Å². The van der Waals surface area contributed by atoms with E-state index in [0.717, 1.165) is 6.54 Å². The molecule has 76 valence electrons. The fourth-order valence-electron chi connectivity index (χ4n) is 1.11. The summed E-state index contributed by atoms with van der Waals surface area (Å²) < 4.78 is 0. The molecule has 0 heterocycles. The number of nitrogens with zero attached hydrogens (tertiary/aromatic N) is 2. The summed E-state index contributed by atoms with van der Waals surface area (Å²) in [6.07, 6.45) is 0. The van der Waals surface area contributed by atoms with Gasteiger partial charge < -0.3 is 10.0 Å². The molecule has 0 saturated carbocycles. The van der Waals surface area contributed by atoms with E-state index in [9.17, 15) is 9.70 Å². The Bertz CT molecular complexity index is 184. The maximum Gasteiger partial charge on any atom is 0.310 e. The second-order valence-electron chi connectivity index (χ2n) is 3.07. The lowest BCUT2D eigenvalue weighted by Gasteiger charge is -2.26. The lowest BCUT2D eigenvalue weighted by molar-refractivity contribution is -0.143. The van der Waals surface area contributed by atoms with Gasteiger partial charge in [0.05, 0.1) is 12.5 Å². The van der Waals surface area contributed by atoms with Crippen LogP contribution in [0.5, 0.6) is 0 Å². The van der Waals surface area contributed by atoms with E-state index in [0.29, 0.717) is 0 Å². The summed E-state index contributed by atoms with van der Waals surface area (Å²) in [6, 6.07) is -0.166.